The number of rotatable bonds is 5. The lowest BCUT2D eigenvalue weighted by molar-refractivity contribution is -0.144. The van der Waals surface area contributed by atoms with Crippen molar-refractivity contribution in [2.75, 3.05) is 18.9 Å². The molecule has 0 fully saturated rings. The maximum atomic E-state index is 12.6. The predicted octanol–water partition coefficient (Wildman–Crippen LogP) is 3.92. The maximum Gasteiger partial charge on any atom is 0.255 e. The van der Waals surface area contributed by atoms with Crippen molar-refractivity contribution in [3.8, 4) is 0 Å². The van der Waals surface area contributed by atoms with Gasteiger partial charge >= 0.3 is 0 Å². The number of carbonyl (C=O) groups is 1. The molecule has 2 aromatic rings. The fourth-order valence-electron chi connectivity index (χ4n) is 3.16. The lowest BCUT2D eigenvalue weighted by Crippen LogP contribution is -2.43. The zero-order chi connectivity index (χ0) is 18.0. The highest BCUT2D eigenvalue weighted by Crippen LogP contribution is 2.24. The summed E-state index contributed by atoms with van der Waals surface area (Å²) < 4.78 is 0. The maximum absolute atomic E-state index is 12.6. The van der Waals surface area contributed by atoms with E-state index in [2.05, 4.69) is 73.6 Å². The Morgan fingerprint density at radius 2 is 1.80 bits per heavy atom. The molecular weight excluding hydrogens is 310 g/mol. The summed E-state index contributed by atoms with van der Waals surface area (Å²) in [5.74, 6) is 0.546. The topological polar surface area (TPSA) is 35.6 Å². The van der Waals surface area contributed by atoms with Gasteiger partial charge < -0.3 is 5.32 Å². The van der Waals surface area contributed by atoms with E-state index in [1.165, 1.54) is 16.7 Å². The van der Waals surface area contributed by atoms with Crippen LogP contribution in [0.2, 0.25) is 0 Å². The molecule has 25 heavy (non-hydrogen) atoms. The number of nitrogens with one attached hydrogen (secondary N) is 1. The van der Waals surface area contributed by atoms with Gasteiger partial charge in [-0.15, -0.1) is 0 Å². The summed E-state index contributed by atoms with van der Waals surface area (Å²) in [6.07, 6.45) is 0. The highest BCUT2D eigenvalue weighted by atomic mass is 16.2. The summed E-state index contributed by atoms with van der Waals surface area (Å²) in [7, 11) is 1.85. The minimum absolute atomic E-state index is 0.0714. The second-order valence-electron chi connectivity index (χ2n) is 7.09. The van der Waals surface area contributed by atoms with Crippen LogP contribution < -0.4 is 5.32 Å². The van der Waals surface area contributed by atoms with Crippen molar-refractivity contribution in [3.63, 3.8) is 0 Å². The first kappa shape index (κ1) is 17.5. The minimum Gasteiger partial charge on any atom is -0.376 e. The van der Waals surface area contributed by atoms with E-state index in [9.17, 15) is 4.79 Å². The number of anilines is 1. The largest absolute Gasteiger partial charge is 0.376 e. The number of benzene rings is 2. The Morgan fingerprint density at radius 3 is 2.40 bits per heavy atom. The number of hydrazine groups is 1. The highest BCUT2D eigenvalue weighted by Gasteiger charge is 2.24. The molecule has 1 amide bonds. The molecule has 0 spiro atoms. The molecule has 0 aliphatic carbocycles. The van der Waals surface area contributed by atoms with Crippen LogP contribution in [-0.4, -0.2) is 29.5 Å². The standard InChI is InChI=1S/C21H27N3O/c1-15(2)17-10-9-16(3)20(11-17)22-12-21(25)23(4)24-13-18-7-5-6-8-19(18)14-24/h5-11,15,22H,12-14H2,1-4H3. The Labute approximate surface area is 150 Å². The van der Waals surface area contributed by atoms with Gasteiger partial charge in [-0.05, 0) is 41.2 Å². The van der Waals surface area contributed by atoms with Crippen LogP contribution >= 0.6 is 0 Å². The van der Waals surface area contributed by atoms with Crippen LogP contribution in [0.5, 0.6) is 0 Å². The van der Waals surface area contributed by atoms with Crippen molar-refractivity contribution in [2.45, 2.75) is 39.8 Å². The van der Waals surface area contributed by atoms with Gasteiger partial charge in [0.25, 0.3) is 5.91 Å². The van der Waals surface area contributed by atoms with Gasteiger partial charge in [-0.2, -0.15) is 0 Å². The number of carbonyl (C=O) groups excluding carboxylic acids is 1. The Bertz CT molecular complexity index is 744. The summed E-state index contributed by atoms with van der Waals surface area (Å²) in [5, 5.41) is 7.15. The molecule has 0 radical (unpaired) electrons. The quantitative estimate of drug-likeness (QED) is 0.898. The normalized spacial score (nSPS) is 13.8. The van der Waals surface area contributed by atoms with E-state index in [0.29, 0.717) is 12.5 Å². The molecule has 0 saturated heterocycles. The van der Waals surface area contributed by atoms with Crippen molar-refractivity contribution >= 4 is 11.6 Å². The summed E-state index contributed by atoms with van der Waals surface area (Å²) in [6.45, 7) is 8.31. The molecule has 4 heteroatoms. The van der Waals surface area contributed by atoms with Crippen molar-refractivity contribution in [1.29, 1.82) is 0 Å². The van der Waals surface area contributed by atoms with Gasteiger partial charge in [0.05, 0.1) is 6.54 Å². The van der Waals surface area contributed by atoms with Gasteiger partial charge in [0, 0.05) is 25.8 Å². The van der Waals surface area contributed by atoms with Crippen molar-refractivity contribution in [1.82, 2.24) is 10.0 Å². The number of aryl methyl sites for hydroxylation is 1. The summed E-state index contributed by atoms with van der Waals surface area (Å²) in [4.78, 5) is 12.6. The number of nitrogens with zero attached hydrogens (tertiary/aromatic N) is 2. The van der Waals surface area contributed by atoms with Crippen molar-refractivity contribution < 1.29 is 4.79 Å². The van der Waals surface area contributed by atoms with Crippen LogP contribution in [0.4, 0.5) is 5.69 Å². The first-order valence-electron chi connectivity index (χ1n) is 8.88. The lowest BCUT2D eigenvalue weighted by Gasteiger charge is -2.28. The number of likely N-dealkylation sites (N-methyl/N-ethyl adjacent to an activating group) is 1. The predicted molar refractivity (Wildman–Crippen MR) is 102 cm³/mol. The van der Waals surface area contributed by atoms with E-state index < -0.39 is 0 Å². The van der Waals surface area contributed by atoms with Gasteiger partial charge in [-0.25, -0.2) is 5.01 Å². The van der Waals surface area contributed by atoms with E-state index >= 15 is 0 Å². The van der Waals surface area contributed by atoms with Crippen LogP contribution in [0.15, 0.2) is 42.5 Å². The lowest BCUT2D eigenvalue weighted by atomic mass is 10.0. The summed E-state index contributed by atoms with van der Waals surface area (Å²) in [5.41, 5.74) is 6.08. The fraction of sp³-hybridized carbons (Fsp3) is 0.381. The molecule has 2 aromatic carbocycles. The SMILES string of the molecule is Cc1ccc(C(C)C)cc1NCC(=O)N(C)N1Cc2ccccc2C1. The molecule has 132 valence electrons. The molecule has 1 heterocycles. The molecule has 1 aliphatic rings. The van der Waals surface area contributed by atoms with Crippen LogP contribution in [0, 0.1) is 6.92 Å². The first-order valence-corrected chi connectivity index (χ1v) is 8.88. The molecule has 0 aromatic heterocycles. The third kappa shape index (κ3) is 3.85. The van der Waals surface area contributed by atoms with Gasteiger partial charge in [0.15, 0.2) is 0 Å². The van der Waals surface area contributed by atoms with Crippen LogP contribution in [0.1, 0.15) is 42.0 Å². The number of amides is 1. The van der Waals surface area contributed by atoms with Crippen molar-refractivity contribution in [2.24, 2.45) is 0 Å². The van der Waals surface area contributed by atoms with Crippen LogP contribution in [0.3, 0.4) is 0 Å². The first-order chi connectivity index (χ1) is 12.0. The van der Waals surface area contributed by atoms with Gasteiger partial charge in [0.2, 0.25) is 0 Å². The monoisotopic (exact) mass is 337 g/mol. The number of hydrogen-bond donors (Lipinski definition) is 1. The Hall–Kier alpha value is -2.33. The molecule has 1 aliphatic heterocycles. The fourth-order valence-corrected chi connectivity index (χ4v) is 3.16. The number of hydrogen-bond acceptors (Lipinski definition) is 3. The third-order valence-electron chi connectivity index (χ3n) is 4.97. The smallest absolute Gasteiger partial charge is 0.255 e. The van der Waals surface area contributed by atoms with Gasteiger partial charge in [-0.3, -0.25) is 9.80 Å². The molecule has 0 unspecified atom stereocenters. The second kappa shape index (κ2) is 7.28. The van der Waals surface area contributed by atoms with E-state index in [-0.39, 0.29) is 5.91 Å². The number of fused-ring (bicyclic) bond motifs is 1. The summed E-state index contributed by atoms with van der Waals surface area (Å²) >= 11 is 0. The average Bonchev–Trinajstić information content (AvgIpc) is 3.04. The van der Waals surface area contributed by atoms with Gasteiger partial charge in [-0.1, -0.05) is 50.2 Å². The van der Waals surface area contributed by atoms with Gasteiger partial charge in [0.1, 0.15) is 0 Å². The van der Waals surface area contributed by atoms with E-state index in [1.807, 2.05) is 7.05 Å². The zero-order valence-corrected chi connectivity index (χ0v) is 15.5. The molecular formula is C21H27N3O. The molecule has 0 saturated carbocycles. The van der Waals surface area contributed by atoms with Crippen LogP contribution in [-0.2, 0) is 17.9 Å². The third-order valence-corrected chi connectivity index (χ3v) is 4.97. The average molecular weight is 337 g/mol. The van der Waals surface area contributed by atoms with Crippen LogP contribution in [0.25, 0.3) is 0 Å². The highest BCUT2D eigenvalue weighted by molar-refractivity contribution is 5.80. The van der Waals surface area contributed by atoms with Crippen molar-refractivity contribution in [3.05, 3.63) is 64.7 Å². The van der Waals surface area contributed by atoms with E-state index in [0.717, 1.165) is 24.3 Å². The van der Waals surface area contributed by atoms with E-state index in [1.54, 1.807) is 5.01 Å². The Morgan fingerprint density at radius 1 is 1.16 bits per heavy atom. The molecule has 1 N–H and O–H groups in total. The van der Waals surface area contributed by atoms with E-state index in [4.69, 9.17) is 0 Å². The Kier molecular flexibility index (Phi) is 5.09. The molecule has 0 atom stereocenters. The molecule has 3 rings (SSSR count). The molecule has 0 bridgehead atoms. The zero-order valence-electron chi connectivity index (χ0n) is 15.5. The molecule has 4 nitrogen and oxygen atoms in total. The summed E-state index contributed by atoms with van der Waals surface area (Å²) in [6, 6.07) is 14.8. The Balaban J connectivity index is 1.61. The minimum atomic E-state index is 0.0714. The second-order valence-corrected chi connectivity index (χ2v) is 7.09.